The lowest BCUT2D eigenvalue weighted by atomic mass is 9.97. The fourth-order valence-corrected chi connectivity index (χ4v) is 2.94. The highest BCUT2D eigenvalue weighted by Crippen LogP contribution is 2.21. The van der Waals surface area contributed by atoms with E-state index < -0.39 is 5.54 Å². The molecular formula is C15H18BrFN2O2. The second kappa shape index (κ2) is 6.13. The van der Waals surface area contributed by atoms with Gasteiger partial charge in [-0.15, -0.1) is 0 Å². The Hall–Kier alpha value is -1.43. The summed E-state index contributed by atoms with van der Waals surface area (Å²) in [5.41, 5.74) is -0.193. The molecule has 1 fully saturated rings. The molecule has 1 aliphatic heterocycles. The lowest BCUT2D eigenvalue weighted by molar-refractivity contribution is -0.138. The minimum atomic E-state index is -0.891. The first-order valence-corrected chi connectivity index (χ1v) is 7.69. The van der Waals surface area contributed by atoms with Gasteiger partial charge in [0.1, 0.15) is 11.4 Å². The van der Waals surface area contributed by atoms with Crippen LogP contribution in [0.2, 0.25) is 0 Å². The van der Waals surface area contributed by atoms with Gasteiger partial charge in [0.2, 0.25) is 11.8 Å². The smallest absolute Gasteiger partial charge is 0.248 e. The minimum absolute atomic E-state index is 0.128. The van der Waals surface area contributed by atoms with E-state index in [9.17, 15) is 14.0 Å². The Morgan fingerprint density at radius 2 is 2.10 bits per heavy atom. The maximum Gasteiger partial charge on any atom is 0.248 e. The monoisotopic (exact) mass is 356 g/mol. The van der Waals surface area contributed by atoms with Crippen LogP contribution in [0.1, 0.15) is 32.3 Å². The van der Waals surface area contributed by atoms with Crippen LogP contribution in [0.25, 0.3) is 0 Å². The van der Waals surface area contributed by atoms with Crippen LogP contribution in [-0.2, 0) is 16.1 Å². The van der Waals surface area contributed by atoms with E-state index in [1.165, 1.54) is 12.1 Å². The molecule has 114 valence electrons. The first-order chi connectivity index (χ1) is 9.84. The summed E-state index contributed by atoms with van der Waals surface area (Å²) in [5, 5.41) is 2.78. The largest absolute Gasteiger partial charge is 0.342 e. The Kier molecular flexibility index (Phi) is 4.66. The van der Waals surface area contributed by atoms with Crippen molar-refractivity contribution in [3.05, 3.63) is 34.1 Å². The van der Waals surface area contributed by atoms with Gasteiger partial charge in [-0.05, 0) is 37.1 Å². The van der Waals surface area contributed by atoms with Crippen molar-refractivity contribution in [1.82, 2.24) is 10.2 Å². The molecule has 0 saturated carbocycles. The SMILES string of the molecule is CCC1(C)NC(=O)CCN(Cc2cc(F)cc(Br)c2)C1=O. The van der Waals surface area contributed by atoms with Crippen molar-refractivity contribution < 1.29 is 14.0 Å². The topological polar surface area (TPSA) is 49.4 Å². The molecule has 0 aliphatic carbocycles. The lowest BCUT2D eigenvalue weighted by Gasteiger charge is -2.31. The molecular weight excluding hydrogens is 339 g/mol. The molecule has 0 spiro atoms. The molecule has 21 heavy (non-hydrogen) atoms. The van der Waals surface area contributed by atoms with Gasteiger partial charge in [0.05, 0.1) is 0 Å². The van der Waals surface area contributed by atoms with Crippen molar-refractivity contribution >= 4 is 27.7 Å². The Labute approximate surface area is 131 Å². The first-order valence-electron chi connectivity index (χ1n) is 6.89. The second-order valence-corrected chi connectivity index (χ2v) is 6.40. The Morgan fingerprint density at radius 1 is 1.38 bits per heavy atom. The van der Waals surface area contributed by atoms with Crippen molar-refractivity contribution in [2.75, 3.05) is 6.54 Å². The summed E-state index contributed by atoms with van der Waals surface area (Å²) in [6.45, 7) is 4.22. The van der Waals surface area contributed by atoms with E-state index in [4.69, 9.17) is 0 Å². The van der Waals surface area contributed by atoms with E-state index in [1.807, 2.05) is 6.92 Å². The molecule has 4 nitrogen and oxygen atoms in total. The fraction of sp³-hybridized carbons (Fsp3) is 0.467. The summed E-state index contributed by atoms with van der Waals surface area (Å²) in [6.07, 6.45) is 0.777. The highest BCUT2D eigenvalue weighted by molar-refractivity contribution is 9.10. The zero-order chi connectivity index (χ0) is 15.6. The van der Waals surface area contributed by atoms with Crippen LogP contribution in [0.5, 0.6) is 0 Å². The predicted octanol–water partition coefficient (Wildman–Crippen LogP) is 2.61. The average Bonchev–Trinajstić information content (AvgIpc) is 2.50. The van der Waals surface area contributed by atoms with E-state index in [0.717, 1.165) is 0 Å². The number of carbonyl (C=O) groups is 2. The molecule has 1 saturated heterocycles. The number of hydrogen-bond acceptors (Lipinski definition) is 2. The molecule has 6 heteroatoms. The molecule has 1 atom stereocenters. The van der Waals surface area contributed by atoms with Gasteiger partial charge in [-0.25, -0.2) is 4.39 Å². The Bertz CT molecular complexity index is 559. The molecule has 1 heterocycles. The normalized spacial score (nSPS) is 23.0. The van der Waals surface area contributed by atoms with Gasteiger partial charge in [-0.1, -0.05) is 22.9 Å². The predicted molar refractivity (Wildman–Crippen MR) is 81.0 cm³/mol. The highest BCUT2D eigenvalue weighted by Gasteiger charge is 2.38. The number of nitrogens with zero attached hydrogens (tertiary/aromatic N) is 1. The van der Waals surface area contributed by atoms with Gasteiger partial charge in [-0.2, -0.15) is 0 Å². The lowest BCUT2D eigenvalue weighted by Crippen LogP contribution is -2.54. The van der Waals surface area contributed by atoms with E-state index in [2.05, 4.69) is 21.2 Å². The van der Waals surface area contributed by atoms with Gasteiger partial charge in [0.25, 0.3) is 0 Å². The van der Waals surface area contributed by atoms with Crippen LogP contribution in [0.4, 0.5) is 4.39 Å². The van der Waals surface area contributed by atoms with Crippen LogP contribution in [0, 0.1) is 5.82 Å². The van der Waals surface area contributed by atoms with Crippen LogP contribution < -0.4 is 5.32 Å². The first kappa shape index (κ1) is 15.9. The number of rotatable bonds is 3. The van der Waals surface area contributed by atoms with Gasteiger partial charge < -0.3 is 10.2 Å². The van der Waals surface area contributed by atoms with E-state index in [1.54, 1.807) is 17.9 Å². The molecule has 1 aromatic carbocycles. The number of hydrogen-bond donors (Lipinski definition) is 1. The number of amides is 2. The molecule has 2 amide bonds. The summed E-state index contributed by atoms with van der Waals surface area (Å²) >= 11 is 3.24. The van der Waals surface area contributed by atoms with E-state index in [-0.39, 0.29) is 24.1 Å². The zero-order valence-electron chi connectivity index (χ0n) is 12.1. The van der Waals surface area contributed by atoms with Crippen molar-refractivity contribution in [1.29, 1.82) is 0 Å². The molecule has 1 aromatic rings. The van der Waals surface area contributed by atoms with E-state index in [0.29, 0.717) is 29.5 Å². The second-order valence-electron chi connectivity index (χ2n) is 5.49. The number of halogens is 2. The average molecular weight is 357 g/mol. The fourth-order valence-electron chi connectivity index (χ4n) is 2.42. The Balaban J connectivity index is 2.25. The van der Waals surface area contributed by atoms with Crippen LogP contribution in [0.15, 0.2) is 22.7 Å². The van der Waals surface area contributed by atoms with Crippen LogP contribution in [0.3, 0.4) is 0 Å². The maximum absolute atomic E-state index is 13.4. The van der Waals surface area contributed by atoms with Gasteiger partial charge in [0.15, 0.2) is 0 Å². The quantitative estimate of drug-likeness (QED) is 0.904. The van der Waals surface area contributed by atoms with Crippen LogP contribution in [-0.4, -0.2) is 28.8 Å². The standard InChI is InChI=1S/C15H18BrFN2O2/c1-3-15(2)14(21)19(5-4-13(20)18-15)9-10-6-11(16)8-12(17)7-10/h6-8H,3-5,9H2,1-2H3,(H,18,20). The van der Waals surface area contributed by atoms with Crippen molar-refractivity contribution in [3.8, 4) is 0 Å². The Morgan fingerprint density at radius 3 is 2.71 bits per heavy atom. The van der Waals surface area contributed by atoms with Gasteiger partial charge >= 0.3 is 0 Å². The summed E-state index contributed by atoms with van der Waals surface area (Å²) in [7, 11) is 0. The summed E-state index contributed by atoms with van der Waals surface area (Å²) in [6, 6.07) is 4.55. The number of carbonyl (C=O) groups excluding carboxylic acids is 2. The van der Waals surface area contributed by atoms with Crippen molar-refractivity contribution in [3.63, 3.8) is 0 Å². The molecule has 1 aliphatic rings. The third kappa shape index (κ3) is 3.61. The van der Waals surface area contributed by atoms with Crippen LogP contribution >= 0.6 is 15.9 Å². The molecule has 1 unspecified atom stereocenters. The number of nitrogens with one attached hydrogen (secondary N) is 1. The minimum Gasteiger partial charge on any atom is -0.342 e. The molecule has 0 bridgehead atoms. The summed E-state index contributed by atoms with van der Waals surface area (Å²) in [5.74, 6) is -0.610. The summed E-state index contributed by atoms with van der Waals surface area (Å²) < 4.78 is 14.1. The maximum atomic E-state index is 13.4. The van der Waals surface area contributed by atoms with Crippen molar-refractivity contribution in [2.24, 2.45) is 0 Å². The van der Waals surface area contributed by atoms with E-state index >= 15 is 0 Å². The zero-order valence-corrected chi connectivity index (χ0v) is 13.7. The molecule has 0 aromatic heterocycles. The molecule has 0 radical (unpaired) electrons. The third-order valence-corrected chi connectivity index (χ3v) is 4.24. The van der Waals surface area contributed by atoms with Gasteiger partial charge in [0, 0.05) is 24.0 Å². The highest BCUT2D eigenvalue weighted by atomic mass is 79.9. The van der Waals surface area contributed by atoms with Crippen molar-refractivity contribution in [2.45, 2.75) is 38.8 Å². The molecule has 1 N–H and O–H groups in total. The third-order valence-electron chi connectivity index (χ3n) is 3.79. The molecule has 2 rings (SSSR count). The number of benzene rings is 1. The summed E-state index contributed by atoms with van der Waals surface area (Å²) in [4.78, 5) is 26.0. The van der Waals surface area contributed by atoms with Gasteiger partial charge in [-0.3, -0.25) is 9.59 Å².